The van der Waals surface area contributed by atoms with E-state index in [9.17, 15) is 8.42 Å². The van der Waals surface area contributed by atoms with E-state index in [2.05, 4.69) is 18.2 Å². The van der Waals surface area contributed by atoms with Crippen molar-refractivity contribution in [1.29, 1.82) is 0 Å². The van der Waals surface area contributed by atoms with E-state index in [4.69, 9.17) is 0 Å². The third kappa shape index (κ3) is 4.08. The van der Waals surface area contributed by atoms with Gasteiger partial charge >= 0.3 is 0 Å². The van der Waals surface area contributed by atoms with E-state index in [1.165, 1.54) is 5.56 Å². The lowest BCUT2D eigenvalue weighted by molar-refractivity contribution is 0.231. The van der Waals surface area contributed by atoms with E-state index in [-0.39, 0.29) is 6.04 Å². The van der Waals surface area contributed by atoms with Crippen molar-refractivity contribution in [2.75, 3.05) is 6.54 Å². The molecule has 1 aliphatic rings. The standard InChI is InChI=1S/C19H30N2O2S/c1-18(2,3)20-15-17(21(19(4,5)6)24(20,22)23)14-10-13-16-11-8-7-9-12-16/h7-12,14,17H,13,15H2,1-6H3/b14-10+. The van der Waals surface area contributed by atoms with Crippen LogP contribution < -0.4 is 0 Å². The summed E-state index contributed by atoms with van der Waals surface area (Å²) in [5.74, 6) is 0. The molecule has 1 unspecified atom stereocenters. The second-order valence-corrected chi connectivity index (χ2v) is 10.1. The maximum Gasteiger partial charge on any atom is 0.283 e. The minimum atomic E-state index is -3.47. The van der Waals surface area contributed by atoms with Crippen molar-refractivity contribution in [3.05, 3.63) is 48.0 Å². The molecular weight excluding hydrogens is 320 g/mol. The maximum absolute atomic E-state index is 13.0. The Kier molecular flexibility index (Phi) is 5.28. The molecule has 0 amide bonds. The van der Waals surface area contributed by atoms with Crippen molar-refractivity contribution in [1.82, 2.24) is 8.61 Å². The molecule has 4 nitrogen and oxygen atoms in total. The monoisotopic (exact) mass is 350 g/mol. The van der Waals surface area contributed by atoms with Gasteiger partial charge in [0.25, 0.3) is 10.2 Å². The molecule has 2 rings (SSSR count). The molecule has 134 valence electrons. The average Bonchev–Trinajstić information content (AvgIpc) is 2.70. The first kappa shape index (κ1) is 19.2. The molecule has 0 radical (unpaired) electrons. The molecule has 0 bridgehead atoms. The van der Waals surface area contributed by atoms with Crippen LogP contribution in [-0.2, 0) is 16.6 Å². The molecule has 1 heterocycles. The van der Waals surface area contributed by atoms with Crippen molar-refractivity contribution >= 4 is 10.2 Å². The molecule has 0 N–H and O–H groups in total. The predicted octanol–water partition coefficient (Wildman–Crippen LogP) is 3.61. The summed E-state index contributed by atoms with van der Waals surface area (Å²) in [6.07, 6.45) is 4.94. The van der Waals surface area contributed by atoms with Crippen LogP contribution in [0.1, 0.15) is 47.1 Å². The summed E-state index contributed by atoms with van der Waals surface area (Å²) in [5, 5.41) is 0. The van der Waals surface area contributed by atoms with Crippen LogP contribution in [0.25, 0.3) is 0 Å². The fourth-order valence-corrected chi connectivity index (χ4v) is 5.61. The first-order chi connectivity index (χ1) is 10.9. The van der Waals surface area contributed by atoms with Crippen LogP contribution in [0.4, 0.5) is 0 Å². The summed E-state index contributed by atoms with van der Waals surface area (Å²) in [4.78, 5) is 0. The van der Waals surface area contributed by atoms with Crippen LogP contribution in [0, 0.1) is 0 Å². The van der Waals surface area contributed by atoms with Gasteiger partial charge in [0.15, 0.2) is 0 Å². The van der Waals surface area contributed by atoms with Gasteiger partial charge in [0, 0.05) is 17.6 Å². The zero-order valence-corrected chi connectivity index (χ0v) is 16.5. The highest BCUT2D eigenvalue weighted by atomic mass is 32.2. The van der Waals surface area contributed by atoms with Gasteiger partial charge in [0.1, 0.15) is 0 Å². The maximum atomic E-state index is 13.0. The van der Waals surface area contributed by atoms with Crippen molar-refractivity contribution in [2.45, 2.75) is 65.1 Å². The highest BCUT2D eigenvalue weighted by Gasteiger charge is 2.51. The number of allylic oxidation sites excluding steroid dienone is 1. The molecule has 1 fully saturated rings. The second kappa shape index (κ2) is 6.62. The van der Waals surface area contributed by atoms with E-state index in [1.807, 2.05) is 65.8 Å². The molecule has 0 aliphatic carbocycles. The lowest BCUT2D eigenvalue weighted by Gasteiger charge is -2.35. The minimum Gasteiger partial charge on any atom is -0.195 e. The van der Waals surface area contributed by atoms with Gasteiger partial charge in [-0.3, -0.25) is 0 Å². The molecule has 1 aliphatic heterocycles. The molecule has 0 spiro atoms. The number of hydrogen-bond acceptors (Lipinski definition) is 2. The van der Waals surface area contributed by atoms with Crippen molar-refractivity contribution < 1.29 is 8.42 Å². The SMILES string of the molecule is CC(C)(C)N1CC(/C=C/Cc2ccccc2)N(C(C)(C)C)S1(=O)=O. The Morgan fingerprint density at radius 3 is 2.12 bits per heavy atom. The lowest BCUT2D eigenvalue weighted by atomic mass is 10.0. The smallest absolute Gasteiger partial charge is 0.195 e. The number of nitrogens with zero attached hydrogens (tertiary/aromatic N) is 2. The average molecular weight is 351 g/mol. The molecule has 24 heavy (non-hydrogen) atoms. The van der Waals surface area contributed by atoms with Crippen LogP contribution in [0.15, 0.2) is 42.5 Å². The fraction of sp³-hybridized carbons (Fsp3) is 0.579. The molecule has 0 aromatic heterocycles. The summed E-state index contributed by atoms with van der Waals surface area (Å²) in [6, 6.07) is 10.1. The Bertz CT molecular complexity index is 682. The lowest BCUT2D eigenvalue weighted by Crippen LogP contribution is -2.50. The van der Waals surface area contributed by atoms with Gasteiger partial charge in [-0.1, -0.05) is 42.5 Å². The fourth-order valence-electron chi connectivity index (χ4n) is 3.19. The summed E-state index contributed by atoms with van der Waals surface area (Å²) < 4.78 is 29.4. The first-order valence-electron chi connectivity index (χ1n) is 8.47. The van der Waals surface area contributed by atoms with Crippen molar-refractivity contribution in [3.8, 4) is 0 Å². The molecule has 5 heteroatoms. The van der Waals surface area contributed by atoms with Gasteiger partial charge in [-0.25, -0.2) is 0 Å². The first-order valence-corrected chi connectivity index (χ1v) is 9.86. The highest BCUT2D eigenvalue weighted by molar-refractivity contribution is 7.87. The normalized spacial score (nSPS) is 23.2. The summed E-state index contributed by atoms with van der Waals surface area (Å²) in [7, 11) is -3.47. The van der Waals surface area contributed by atoms with Crippen molar-refractivity contribution in [2.24, 2.45) is 0 Å². The zero-order valence-electron chi connectivity index (χ0n) is 15.7. The topological polar surface area (TPSA) is 40.6 Å². The number of hydrogen-bond donors (Lipinski definition) is 0. The molecule has 1 aromatic rings. The van der Waals surface area contributed by atoms with E-state index >= 15 is 0 Å². The summed E-state index contributed by atoms with van der Waals surface area (Å²) >= 11 is 0. The molecule has 1 aromatic carbocycles. The van der Waals surface area contributed by atoms with Gasteiger partial charge in [0.05, 0.1) is 6.04 Å². The van der Waals surface area contributed by atoms with Crippen molar-refractivity contribution in [3.63, 3.8) is 0 Å². The Balaban J connectivity index is 2.27. The van der Waals surface area contributed by atoms with Gasteiger partial charge in [-0.15, -0.1) is 0 Å². The Labute approximate surface area is 147 Å². The Morgan fingerprint density at radius 1 is 1.04 bits per heavy atom. The zero-order chi connectivity index (χ0) is 18.2. The Hall–Kier alpha value is -1.17. The quantitative estimate of drug-likeness (QED) is 0.781. The second-order valence-electron chi connectivity index (χ2n) is 8.36. The van der Waals surface area contributed by atoms with Crippen LogP contribution in [0.5, 0.6) is 0 Å². The van der Waals surface area contributed by atoms with Gasteiger partial charge in [-0.2, -0.15) is 17.0 Å². The molecular formula is C19H30N2O2S. The van der Waals surface area contributed by atoms with Crippen LogP contribution in [0.3, 0.4) is 0 Å². The van der Waals surface area contributed by atoms with E-state index in [1.54, 1.807) is 8.61 Å². The minimum absolute atomic E-state index is 0.141. The molecule has 0 saturated carbocycles. The highest BCUT2D eigenvalue weighted by Crippen LogP contribution is 2.35. The van der Waals surface area contributed by atoms with Crippen LogP contribution >= 0.6 is 0 Å². The van der Waals surface area contributed by atoms with E-state index in [0.717, 1.165) is 6.42 Å². The summed E-state index contributed by atoms with van der Waals surface area (Å²) in [5.41, 5.74) is 0.342. The number of benzene rings is 1. The summed E-state index contributed by atoms with van der Waals surface area (Å²) in [6.45, 7) is 12.2. The third-order valence-corrected chi connectivity index (χ3v) is 6.71. The number of rotatable bonds is 3. The van der Waals surface area contributed by atoms with Crippen LogP contribution in [-0.4, -0.2) is 40.7 Å². The Morgan fingerprint density at radius 2 is 1.62 bits per heavy atom. The largest absolute Gasteiger partial charge is 0.283 e. The van der Waals surface area contributed by atoms with Gasteiger partial charge in [0.2, 0.25) is 0 Å². The van der Waals surface area contributed by atoms with Gasteiger partial charge < -0.3 is 0 Å². The van der Waals surface area contributed by atoms with E-state index in [0.29, 0.717) is 6.54 Å². The van der Waals surface area contributed by atoms with E-state index < -0.39 is 21.3 Å². The third-order valence-electron chi connectivity index (χ3n) is 4.15. The molecule has 1 atom stereocenters. The van der Waals surface area contributed by atoms with Crippen LogP contribution in [0.2, 0.25) is 0 Å². The van der Waals surface area contributed by atoms with Gasteiger partial charge in [-0.05, 0) is 53.5 Å². The molecule has 1 saturated heterocycles. The predicted molar refractivity (Wildman–Crippen MR) is 100 cm³/mol.